The molecule has 0 radical (unpaired) electrons. The quantitative estimate of drug-likeness (QED) is 0.341. The number of methoxy groups -OCH3 is 1. The molecule has 4 heterocycles. The number of benzene rings is 1. The van der Waals surface area contributed by atoms with Crippen molar-refractivity contribution >= 4 is 32.7 Å². The summed E-state index contributed by atoms with van der Waals surface area (Å²) in [4.78, 5) is 13.5. The summed E-state index contributed by atoms with van der Waals surface area (Å²) < 4.78 is 44.6. The van der Waals surface area contributed by atoms with E-state index in [1.165, 1.54) is 18.4 Å². The number of Topliss-reactive ketones (excluding diaryl/α,β-unsaturated/α-hetero) is 1. The molecule has 3 aromatic rings. The highest BCUT2D eigenvalue weighted by atomic mass is 32.2. The van der Waals surface area contributed by atoms with Crippen LogP contribution in [0.1, 0.15) is 43.2 Å². The van der Waals surface area contributed by atoms with Crippen molar-refractivity contribution in [3.05, 3.63) is 40.2 Å². The Balaban J connectivity index is 1.69. The third kappa shape index (κ3) is 3.95. The normalized spacial score (nSPS) is 16.0. The first-order chi connectivity index (χ1) is 17.1. The molecule has 0 atom stereocenters. The Bertz CT molecular complexity index is 1470. The molecule has 1 aromatic carbocycles. The zero-order valence-electron chi connectivity index (χ0n) is 20.5. The van der Waals surface area contributed by atoms with Crippen LogP contribution in [0.2, 0.25) is 0 Å². The zero-order chi connectivity index (χ0) is 25.8. The van der Waals surface area contributed by atoms with Gasteiger partial charge >= 0.3 is 0 Å². The molecule has 0 bridgehead atoms. The molecule has 5 rings (SSSR count). The first-order valence-electron chi connectivity index (χ1n) is 11.5. The van der Waals surface area contributed by atoms with Crippen molar-refractivity contribution in [3.63, 3.8) is 0 Å². The van der Waals surface area contributed by atoms with E-state index < -0.39 is 20.9 Å². The van der Waals surface area contributed by atoms with Gasteiger partial charge in [0.1, 0.15) is 28.7 Å². The summed E-state index contributed by atoms with van der Waals surface area (Å²) in [6.07, 6.45) is 0.289. The van der Waals surface area contributed by atoms with Gasteiger partial charge in [-0.3, -0.25) is 4.79 Å². The molecule has 190 valence electrons. The van der Waals surface area contributed by atoms with Crippen LogP contribution in [0.3, 0.4) is 0 Å². The third-order valence-electron chi connectivity index (χ3n) is 6.55. The molecule has 2 aliphatic heterocycles. The molecular weight excluding hydrogens is 502 g/mol. The van der Waals surface area contributed by atoms with E-state index in [0.29, 0.717) is 35.8 Å². The molecule has 11 heteroatoms. The van der Waals surface area contributed by atoms with Gasteiger partial charge in [0.05, 0.1) is 42.7 Å². The summed E-state index contributed by atoms with van der Waals surface area (Å²) in [5.74, 6) is 0.164. The summed E-state index contributed by atoms with van der Waals surface area (Å²) in [5, 5.41) is 16.3. The third-order valence-corrected chi connectivity index (χ3v) is 9.39. The lowest BCUT2D eigenvalue weighted by atomic mass is 9.81. The van der Waals surface area contributed by atoms with Gasteiger partial charge in [-0.05, 0) is 31.4 Å². The Labute approximate surface area is 213 Å². The number of aromatic nitrogens is 2. The van der Waals surface area contributed by atoms with Crippen LogP contribution in [-0.2, 0) is 21.2 Å². The second kappa shape index (κ2) is 8.82. The number of rotatable bonds is 8. The monoisotopic (exact) mass is 529 g/mol. The average Bonchev–Trinajstić information content (AvgIpc) is 3.49. The smallest absolute Gasteiger partial charge is 0.227 e. The summed E-state index contributed by atoms with van der Waals surface area (Å²) in [6.45, 7) is 6.29. The number of ether oxygens (including phenoxy) is 3. The first-order valence-corrected chi connectivity index (χ1v) is 14.0. The molecule has 2 aliphatic rings. The molecule has 0 amide bonds. The molecule has 36 heavy (non-hydrogen) atoms. The SMILES string of the molecule is COc1cc2c(cc1S(=O)(=O)C(C)C)-c1c(c(C(=O)C(=N)CC3(C)COC3)nn1-c1ccsc1)CO2. The molecular formula is C25H27N3O6S2. The summed E-state index contributed by atoms with van der Waals surface area (Å²) >= 11 is 1.48. The molecule has 1 N–H and O–H groups in total. The van der Waals surface area contributed by atoms with Crippen LogP contribution in [-0.4, -0.2) is 55.3 Å². The number of hydrogen-bond acceptors (Lipinski definition) is 9. The van der Waals surface area contributed by atoms with E-state index in [2.05, 4.69) is 5.10 Å². The number of nitrogens with zero attached hydrogens (tertiary/aromatic N) is 2. The average molecular weight is 530 g/mol. The Morgan fingerprint density at radius 3 is 2.67 bits per heavy atom. The largest absolute Gasteiger partial charge is 0.495 e. The Morgan fingerprint density at radius 2 is 2.08 bits per heavy atom. The zero-order valence-corrected chi connectivity index (χ0v) is 22.1. The summed E-state index contributed by atoms with van der Waals surface area (Å²) in [5.41, 5.74) is 2.20. The highest BCUT2D eigenvalue weighted by Crippen LogP contribution is 2.45. The number of nitrogens with one attached hydrogen (secondary N) is 1. The molecule has 9 nitrogen and oxygen atoms in total. The fraction of sp³-hybridized carbons (Fsp3) is 0.400. The van der Waals surface area contributed by atoms with E-state index in [4.69, 9.17) is 19.6 Å². The fourth-order valence-corrected chi connectivity index (χ4v) is 6.27. The topological polar surface area (TPSA) is 121 Å². The summed E-state index contributed by atoms with van der Waals surface area (Å²) in [6, 6.07) is 4.98. The molecule has 2 aromatic heterocycles. The predicted octanol–water partition coefficient (Wildman–Crippen LogP) is 4.31. The van der Waals surface area contributed by atoms with Gasteiger partial charge in [0.2, 0.25) is 5.78 Å². The highest BCUT2D eigenvalue weighted by molar-refractivity contribution is 7.92. The molecule has 0 saturated carbocycles. The van der Waals surface area contributed by atoms with Crippen LogP contribution in [0, 0.1) is 10.8 Å². The van der Waals surface area contributed by atoms with Crippen molar-refractivity contribution in [3.8, 4) is 28.4 Å². The number of sulfone groups is 1. The van der Waals surface area contributed by atoms with E-state index in [9.17, 15) is 13.2 Å². The minimum atomic E-state index is -3.68. The van der Waals surface area contributed by atoms with Crippen molar-refractivity contribution in [2.75, 3.05) is 20.3 Å². The molecule has 0 spiro atoms. The Kier molecular flexibility index (Phi) is 6.05. The van der Waals surface area contributed by atoms with Crippen LogP contribution in [0.5, 0.6) is 11.5 Å². The van der Waals surface area contributed by atoms with Gasteiger partial charge in [0.15, 0.2) is 9.84 Å². The van der Waals surface area contributed by atoms with Crippen molar-refractivity contribution in [1.82, 2.24) is 9.78 Å². The lowest BCUT2D eigenvalue weighted by molar-refractivity contribution is -0.0964. The van der Waals surface area contributed by atoms with Gasteiger partial charge in [-0.25, -0.2) is 13.1 Å². The maximum atomic E-state index is 13.4. The van der Waals surface area contributed by atoms with Crippen molar-refractivity contribution < 1.29 is 27.4 Å². The van der Waals surface area contributed by atoms with Crippen molar-refractivity contribution in [1.29, 1.82) is 5.41 Å². The van der Waals surface area contributed by atoms with Crippen molar-refractivity contribution in [2.24, 2.45) is 5.41 Å². The lowest BCUT2D eigenvalue weighted by Crippen LogP contribution is -2.42. The first kappa shape index (κ1) is 24.7. The minimum Gasteiger partial charge on any atom is -0.495 e. The van der Waals surface area contributed by atoms with Crippen LogP contribution in [0.25, 0.3) is 16.9 Å². The van der Waals surface area contributed by atoms with Crippen LogP contribution in [0.15, 0.2) is 33.9 Å². The Morgan fingerprint density at radius 1 is 1.33 bits per heavy atom. The van der Waals surface area contributed by atoms with Crippen LogP contribution < -0.4 is 9.47 Å². The number of thiophene rings is 1. The second-order valence-corrected chi connectivity index (χ2v) is 13.0. The van der Waals surface area contributed by atoms with Gasteiger partial charge in [-0.15, -0.1) is 0 Å². The minimum absolute atomic E-state index is 0.0397. The maximum Gasteiger partial charge on any atom is 0.227 e. The number of carbonyl (C=O) groups is 1. The second-order valence-electron chi connectivity index (χ2n) is 9.74. The van der Waals surface area contributed by atoms with Crippen molar-refractivity contribution in [2.45, 2.75) is 43.9 Å². The van der Waals surface area contributed by atoms with Gasteiger partial charge < -0.3 is 19.6 Å². The van der Waals surface area contributed by atoms with Crippen LogP contribution >= 0.6 is 11.3 Å². The molecule has 0 aliphatic carbocycles. The number of ketones is 1. The number of hydrogen-bond donors (Lipinski definition) is 1. The summed E-state index contributed by atoms with van der Waals surface area (Å²) in [7, 11) is -2.27. The van der Waals surface area contributed by atoms with Gasteiger partial charge in [-0.1, -0.05) is 6.92 Å². The van der Waals surface area contributed by atoms with Gasteiger partial charge in [0.25, 0.3) is 0 Å². The van der Waals surface area contributed by atoms with E-state index in [0.717, 1.165) is 5.69 Å². The molecule has 1 saturated heterocycles. The highest BCUT2D eigenvalue weighted by Gasteiger charge is 2.38. The Hall–Kier alpha value is -3.02. The van der Waals surface area contributed by atoms with E-state index in [-0.39, 0.29) is 40.5 Å². The lowest BCUT2D eigenvalue weighted by Gasteiger charge is -2.37. The standard InChI is InChI=1S/C25H27N3O6S2/c1-14(2)36(30,31)21-7-16-19(8-20(21)32-4)34-10-17-22(24(29)18(26)9-25(3)12-33-13-25)27-28(23(16)17)15-5-6-35-11-15/h5-8,11,14,26H,9-10,12-13H2,1-4H3. The van der Waals surface area contributed by atoms with E-state index in [1.54, 1.807) is 30.7 Å². The fourth-order valence-electron chi connectivity index (χ4n) is 4.44. The van der Waals surface area contributed by atoms with E-state index >= 15 is 0 Å². The molecule has 0 unspecified atom stereocenters. The van der Waals surface area contributed by atoms with Gasteiger partial charge in [0, 0.05) is 34.4 Å². The van der Waals surface area contributed by atoms with Crippen LogP contribution in [0.4, 0.5) is 0 Å². The van der Waals surface area contributed by atoms with Gasteiger partial charge in [-0.2, -0.15) is 16.4 Å². The maximum absolute atomic E-state index is 13.4. The number of carbonyl (C=O) groups excluding carboxylic acids is 1. The predicted molar refractivity (Wildman–Crippen MR) is 136 cm³/mol. The number of fused-ring (bicyclic) bond motifs is 3. The van der Waals surface area contributed by atoms with E-state index in [1.807, 2.05) is 23.8 Å². The molecule has 1 fully saturated rings.